The Morgan fingerprint density at radius 2 is 1.54 bits per heavy atom. The topological polar surface area (TPSA) is 108 Å². The molecular formula is C31H45N3O5. The number of amides is 3. The molecule has 0 heterocycles. The number of benzene rings is 2. The molecule has 39 heavy (non-hydrogen) atoms. The van der Waals surface area contributed by atoms with Crippen LogP contribution >= 0.6 is 0 Å². The van der Waals surface area contributed by atoms with Gasteiger partial charge in [0.15, 0.2) is 0 Å². The minimum absolute atomic E-state index is 0.0466. The normalized spacial score (nSPS) is 13.0. The van der Waals surface area contributed by atoms with Gasteiger partial charge in [-0.1, -0.05) is 63.6 Å². The third-order valence-corrected chi connectivity index (χ3v) is 6.49. The molecule has 2 aromatic rings. The lowest BCUT2D eigenvalue weighted by Gasteiger charge is -2.36. The summed E-state index contributed by atoms with van der Waals surface area (Å²) in [5.41, 5.74) is 2.60. The Labute approximate surface area is 233 Å². The van der Waals surface area contributed by atoms with E-state index in [9.17, 15) is 19.5 Å². The minimum Gasteiger partial charge on any atom is -0.507 e. The monoisotopic (exact) mass is 539 g/mol. The van der Waals surface area contributed by atoms with Crippen molar-refractivity contribution in [3.05, 3.63) is 58.7 Å². The minimum atomic E-state index is -1.13. The van der Waals surface area contributed by atoms with Crippen molar-refractivity contribution in [2.24, 2.45) is 5.92 Å². The summed E-state index contributed by atoms with van der Waals surface area (Å²) in [7, 11) is 0. The molecule has 214 valence electrons. The highest BCUT2D eigenvalue weighted by Gasteiger charge is 2.38. The number of phenolic OH excluding ortho intramolecular Hbond substituents is 1. The molecule has 8 nitrogen and oxygen atoms in total. The molecule has 0 spiro atoms. The predicted molar refractivity (Wildman–Crippen MR) is 155 cm³/mol. The van der Waals surface area contributed by atoms with E-state index in [1.807, 2.05) is 52.8 Å². The van der Waals surface area contributed by atoms with E-state index in [4.69, 9.17) is 4.74 Å². The molecule has 0 saturated carbocycles. The van der Waals surface area contributed by atoms with Crippen molar-refractivity contribution in [1.82, 2.24) is 10.2 Å². The van der Waals surface area contributed by atoms with Crippen LogP contribution in [0, 0.1) is 26.7 Å². The summed E-state index contributed by atoms with van der Waals surface area (Å²) in [6.45, 7) is 16.7. The Morgan fingerprint density at radius 1 is 0.974 bits per heavy atom. The van der Waals surface area contributed by atoms with Crippen molar-refractivity contribution in [2.75, 3.05) is 11.9 Å². The van der Waals surface area contributed by atoms with Gasteiger partial charge in [0.2, 0.25) is 5.91 Å². The fourth-order valence-electron chi connectivity index (χ4n) is 4.38. The predicted octanol–water partition coefficient (Wildman–Crippen LogP) is 6.18. The molecule has 0 aliphatic carbocycles. The van der Waals surface area contributed by atoms with E-state index in [-0.39, 0.29) is 18.2 Å². The molecule has 3 amide bonds. The molecule has 2 aromatic carbocycles. The molecule has 0 radical (unpaired) electrons. The number of carbonyl (C=O) groups is 3. The van der Waals surface area contributed by atoms with E-state index in [1.165, 1.54) is 4.90 Å². The fraction of sp³-hybridized carbons (Fsp3) is 0.516. The molecule has 0 saturated heterocycles. The highest BCUT2D eigenvalue weighted by molar-refractivity contribution is 6.00. The molecule has 3 N–H and O–H groups in total. The summed E-state index contributed by atoms with van der Waals surface area (Å²) >= 11 is 0. The maximum atomic E-state index is 14.2. The van der Waals surface area contributed by atoms with Crippen LogP contribution in [0.25, 0.3) is 0 Å². The maximum Gasteiger partial charge on any atom is 0.408 e. The van der Waals surface area contributed by atoms with Gasteiger partial charge < -0.3 is 25.4 Å². The average Bonchev–Trinajstić information content (AvgIpc) is 2.83. The number of aromatic hydroxyl groups is 1. The summed E-state index contributed by atoms with van der Waals surface area (Å²) in [4.78, 5) is 42.4. The van der Waals surface area contributed by atoms with Gasteiger partial charge in [-0.25, -0.2) is 4.79 Å². The zero-order chi connectivity index (χ0) is 29.5. The number of alkyl carbamates (subject to hydrolysis) is 1. The van der Waals surface area contributed by atoms with E-state index in [0.29, 0.717) is 23.2 Å². The Morgan fingerprint density at radius 3 is 2.08 bits per heavy atom. The Bertz CT molecular complexity index is 1150. The first-order valence-electron chi connectivity index (χ1n) is 13.6. The van der Waals surface area contributed by atoms with Crippen LogP contribution in [0.5, 0.6) is 5.75 Å². The van der Waals surface area contributed by atoms with E-state index in [1.54, 1.807) is 45.9 Å². The molecule has 0 bridgehead atoms. The standard InChI is InChI=1S/C31H45N3O5/c1-10-11-18-34(29(37)24(19(2)3)33-30(38)39-31(7,8)9)26(23-17-13-16-22(6)27(23)35)28(36)32-25-20(4)14-12-15-21(25)5/h12-17,19,24,26,35H,10-11,18H2,1-9H3,(H,32,36)(H,33,38). The van der Waals surface area contributed by atoms with Crippen LogP contribution in [0.15, 0.2) is 36.4 Å². The molecule has 0 aromatic heterocycles. The number of unbranched alkanes of at least 4 members (excludes halogenated alkanes) is 1. The van der Waals surface area contributed by atoms with Crippen LogP contribution in [-0.4, -0.2) is 46.1 Å². The lowest BCUT2D eigenvalue weighted by atomic mass is 9.96. The van der Waals surface area contributed by atoms with E-state index in [0.717, 1.165) is 17.5 Å². The number of nitrogens with one attached hydrogen (secondary N) is 2. The second-order valence-electron chi connectivity index (χ2n) is 11.4. The van der Waals surface area contributed by atoms with Crippen LogP contribution in [0.2, 0.25) is 0 Å². The molecule has 2 rings (SSSR count). The van der Waals surface area contributed by atoms with Gasteiger partial charge in [-0.3, -0.25) is 9.59 Å². The van der Waals surface area contributed by atoms with E-state index in [2.05, 4.69) is 10.6 Å². The number of hydrogen-bond donors (Lipinski definition) is 3. The maximum absolute atomic E-state index is 14.2. The summed E-state index contributed by atoms with van der Waals surface area (Å²) in [6.07, 6.45) is 0.698. The third-order valence-electron chi connectivity index (χ3n) is 6.49. The zero-order valence-electron chi connectivity index (χ0n) is 24.8. The molecule has 2 atom stereocenters. The molecule has 0 fully saturated rings. The van der Waals surface area contributed by atoms with Crippen LogP contribution < -0.4 is 10.6 Å². The number of aryl methyl sites for hydroxylation is 3. The number of phenols is 1. The van der Waals surface area contributed by atoms with Crippen molar-refractivity contribution in [2.45, 2.75) is 92.8 Å². The van der Waals surface area contributed by atoms with Crippen molar-refractivity contribution >= 4 is 23.6 Å². The number of carbonyl (C=O) groups excluding carboxylic acids is 3. The number of rotatable bonds is 10. The van der Waals surface area contributed by atoms with Gasteiger partial charge in [0.05, 0.1) is 0 Å². The highest BCUT2D eigenvalue weighted by Crippen LogP contribution is 2.34. The van der Waals surface area contributed by atoms with Crippen LogP contribution in [-0.2, 0) is 14.3 Å². The van der Waals surface area contributed by atoms with Crippen LogP contribution in [0.4, 0.5) is 10.5 Å². The van der Waals surface area contributed by atoms with Gasteiger partial charge >= 0.3 is 6.09 Å². The largest absolute Gasteiger partial charge is 0.507 e. The average molecular weight is 540 g/mol. The first-order valence-corrected chi connectivity index (χ1v) is 13.6. The fourth-order valence-corrected chi connectivity index (χ4v) is 4.38. The Balaban J connectivity index is 2.62. The summed E-state index contributed by atoms with van der Waals surface area (Å²) in [5.74, 6) is -1.21. The summed E-state index contributed by atoms with van der Waals surface area (Å²) in [6, 6.07) is 8.81. The first-order chi connectivity index (χ1) is 18.2. The van der Waals surface area contributed by atoms with Crippen LogP contribution in [0.1, 0.15) is 82.7 Å². The lowest BCUT2D eigenvalue weighted by molar-refractivity contribution is -0.141. The highest BCUT2D eigenvalue weighted by atomic mass is 16.6. The van der Waals surface area contributed by atoms with Gasteiger partial charge in [-0.15, -0.1) is 0 Å². The SMILES string of the molecule is CCCCN(C(=O)C(NC(=O)OC(C)(C)C)C(C)C)C(C(=O)Nc1c(C)cccc1C)c1cccc(C)c1O. The molecule has 8 heteroatoms. The molecular weight excluding hydrogens is 494 g/mol. The van der Waals surface area contributed by atoms with Gasteiger partial charge in [0, 0.05) is 17.8 Å². The Hall–Kier alpha value is -3.55. The summed E-state index contributed by atoms with van der Waals surface area (Å²) in [5, 5.41) is 16.8. The third kappa shape index (κ3) is 8.47. The van der Waals surface area contributed by atoms with Crippen LogP contribution in [0.3, 0.4) is 0 Å². The second kappa shape index (κ2) is 13.5. The van der Waals surface area contributed by atoms with Crippen molar-refractivity contribution in [3.63, 3.8) is 0 Å². The van der Waals surface area contributed by atoms with E-state index >= 15 is 0 Å². The first kappa shape index (κ1) is 31.7. The van der Waals surface area contributed by atoms with Gasteiger partial charge in [-0.05, 0) is 70.6 Å². The second-order valence-corrected chi connectivity index (χ2v) is 11.4. The molecule has 0 aliphatic heterocycles. The van der Waals surface area contributed by atoms with E-state index < -0.39 is 35.6 Å². The smallest absolute Gasteiger partial charge is 0.408 e. The summed E-state index contributed by atoms with van der Waals surface area (Å²) < 4.78 is 5.42. The van der Waals surface area contributed by atoms with Gasteiger partial charge in [0.25, 0.3) is 5.91 Å². The number of nitrogens with zero attached hydrogens (tertiary/aromatic N) is 1. The van der Waals surface area contributed by atoms with Crippen molar-refractivity contribution in [1.29, 1.82) is 0 Å². The number of para-hydroxylation sites is 2. The quantitative estimate of drug-likeness (QED) is 0.334. The lowest BCUT2D eigenvalue weighted by Crippen LogP contribution is -2.54. The molecule has 2 unspecified atom stereocenters. The van der Waals surface area contributed by atoms with Crippen molar-refractivity contribution < 1.29 is 24.2 Å². The molecule has 0 aliphatic rings. The number of anilines is 1. The van der Waals surface area contributed by atoms with Gasteiger partial charge in [-0.2, -0.15) is 0 Å². The van der Waals surface area contributed by atoms with Gasteiger partial charge in [0.1, 0.15) is 23.4 Å². The Kier molecular flexibility index (Phi) is 11.0. The number of hydrogen-bond acceptors (Lipinski definition) is 5. The number of ether oxygens (including phenoxy) is 1. The van der Waals surface area contributed by atoms with Crippen molar-refractivity contribution in [3.8, 4) is 5.75 Å². The zero-order valence-corrected chi connectivity index (χ0v) is 24.8.